The molecule has 1 N–H and O–H groups in total. The Hall–Kier alpha value is -1.06. The smallest absolute Gasteiger partial charge is 0.188 e. The van der Waals surface area contributed by atoms with Gasteiger partial charge < -0.3 is 14.6 Å². The molecule has 0 aliphatic heterocycles. The highest BCUT2D eigenvalue weighted by molar-refractivity contribution is 5.33. The van der Waals surface area contributed by atoms with E-state index in [9.17, 15) is 0 Å². The van der Waals surface area contributed by atoms with E-state index >= 15 is 0 Å². The minimum absolute atomic E-state index is 0.310. The van der Waals surface area contributed by atoms with Gasteiger partial charge in [0.05, 0.1) is 0 Å². The highest BCUT2D eigenvalue weighted by Crippen LogP contribution is 2.20. The molecule has 0 fully saturated rings. The van der Waals surface area contributed by atoms with Gasteiger partial charge in [0.2, 0.25) is 0 Å². The number of unbranched alkanes of at least 4 members (excludes halogenated alkanes) is 7. The maximum atomic E-state index is 8.71. The van der Waals surface area contributed by atoms with Gasteiger partial charge in [-0.15, -0.1) is 0 Å². The average molecular weight is 294 g/mol. The van der Waals surface area contributed by atoms with Crippen LogP contribution in [-0.2, 0) is 11.2 Å². The van der Waals surface area contributed by atoms with Crippen LogP contribution in [0.2, 0.25) is 0 Å². The Kier molecular flexibility index (Phi) is 10.8. The van der Waals surface area contributed by atoms with E-state index in [0.717, 1.165) is 18.6 Å². The average Bonchev–Trinajstić information content (AvgIpc) is 2.52. The predicted octanol–water partition coefficient (Wildman–Crippen LogP) is 4.32. The summed E-state index contributed by atoms with van der Waals surface area (Å²) in [6.45, 7) is 0.648. The van der Waals surface area contributed by atoms with Crippen LogP contribution in [0.5, 0.6) is 5.75 Å². The molecule has 1 aromatic carbocycles. The predicted molar refractivity (Wildman–Crippen MR) is 86.7 cm³/mol. The molecule has 0 saturated carbocycles. The number of aliphatic hydroxyl groups excluding tert-OH is 1. The molecule has 0 amide bonds. The molecule has 0 unspecified atom stereocenters. The largest absolute Gasteiger partial charge is 0.467 e. The van der Waals surface area contributed by atoms with Crippen molar-refractivity contribution in [1.29, 1.82) is 0 Å². The minimum Gasteiger partial charge on any atom is -0.467 e. The summed E-state index contributed by atoms with van der Waals surface area (Å²) in [7, 11) is 1.64. The summed E-state index contributed by atoms with van der Waals surface area (Å²) in [5.41, 5.74) is 1.28. The molecule has 0 saturated heterocycles. The quantitative estimate of drug-likeness (QED) is 0.435. The van der Waals surface area contributed by atoms with Crippen LogP contribution in [0.3, 0.4) is 0 Å². The molecule has 0 bridgehead atoms. The third-order valence-electron chi connectivity index (χ3n) is 3.66. The van der Waals surface area contributed by atoms with Crippen molar-refractivity contribution in [3.8, 4) is 5.75 Å². The monoisotopic (exact) mass is 294 g/mol. The summed E-state index contributed by atoms with van der Waals surface area (Å²) < 4.78 is 10.5. The van der Waals surface area contributed by atoms with Crippen molar-refractivity contribution in [3.05, 3.63) is 29.8 Å². The van der Waals surface area contributed by atoms with E-state index in [1.807, 2.05) is 12.1 Å². The van der Waals surface area contributed by atoms with Crippen molar-refractivity contribution in [2.24, 2.45) is 0 Å². The number of hydrogen-bond acceptors (Lipinski definition) is 3. The summed E-state index contributed by atoms with van der Waals surface area (Å²) in [6, 6.07) is 8.21. The first kappa shape index (κ1) is 18.0. The van der Waals surface area contributed by atoms with Crippen molar-refractivity contribution >= 4 is 0 Å². The van der Waals surface area contributed by atoms with Gasteiger partial charge >= 0.3 is 0 Å². The molecular weight excluding hydrogens is 264 g/mol. The van der Waals surface area contributed by atoms with E-state index in [0.29, 0.717) is 13.4 Å². The van der Waals surface area contributed by atoms with Crippen LogP contribution in [0, 0.1) is 0 Å². The normalized spacial score (nSPS) is 10.8. The number of ether oxygens (including phenoxy) is 2. The van der Waals surface area contributed by atoms with Crippen molar-refractivity contribution in [2.45, 2.75) is 57.8 Å². The van der Waals surface area contributed by atoms with E-state index < -0.39 is 0 Å². The highest BCUT2D eigenvalue weighted by atomic mass is 16.7. The van der Waals surface area contributed by atoms with Crippen LogP contribution in [0.15, 0.2) is 24.3 Å². The van der Waals surface area contributed by atoms with Crippen LogP contribution in [0.1, 0.15) is 56.9 Å². The lowest BCUT2D eigenvalue weighted by molar-refractivity contribution is 0.0504. The molecule has 0 radical (unpaired) electrons. The first-order chi connectivity index (χ1) is 10.4. The standard InChI is InChI=1S/C18H30O3/c1-20-16-21-18-14-10-9-13-17(18)12-8-6-4-2-3-5-7-11-15-19/h9-10,13-14,19H,2-8,11-12,15-16H2,1H3. The second-order valence-electron chi connectivity index (χ2n) is 5.46. The van der Waals surface area contributed by atoms with Gasteiger partial charge in [0.15, 0.2) is 6.79 Å². The molecule has 1 rings (SSSR count). The lowest BCUT2D eigenvalue weighted by atomic mass is 10.0. The fourth-order valence-corrected chi connectivity index (χ4v) is 2.46. The number of rotatable bonds is 13. The maximum absolute atomic E-state index is 8.71. The van der Waals surface area contributed by atoms with Crippen LogP contribution in [0.4, 0.5) is 0 Å². The number of methoxy groups -OCH3 is 1. The van der Waals surface area contributed by atoms with Crippen LogP contribution < -0.4 is 4.74 Å². The van der Waals surface area contributed by atoms with Crippen molar-refractivity contribution < 1.29 is 14.6 Å². The molecule has 0 aliphatic carbocycles. The molecular formula is C18H30O3. The van der Waals surface area contributed by atoms with Gasteiger partial charge in [0.1, 0.15) is 5.75 Å². The molecule has 3 nitrogen and oxygen atoms in total. The van der Waals surface area contributed by atoms with Gasteiger partial charge in [-0.1, -0.05) is 56.7 Å². The minimum atomic E-state index is 0.310. The molecule has 120 valence electrons. The lowest BCUT2D eigenvalue weighted by Crippen LogP contribution is -2.01. The third kappa shape index (κ3) is 8.74. The summed E-state index contributed by atoms with van der Waals surface area (Å²) >= 11 is 0. The second kappa shape index (κ2) is 12.7. The van der Waals surface area contributed by atoms with E-state index in [4.69, 9.17) is 14.6 Å². The van der Waals surface area contributed by atoms with E-state index in [1.165, 1.54) is 50.5 Å². The highest BCUT2D eigenvalue weighted by Gasteiger charge is 2.02. The fourth-order valence-electron chi connectivity index (χ4n) is 2.46. The molecule has 21 heavy (non-hydrogen) atoms. The van der Waals surface area contributed by atoms with E-state index in [2.05, 4.69) is 12.1 Å². The zero-order chi connectivity index (χ0) is 15.2. The van der Waals surface area contributed by atoms with E-state index in [1.54, 1.807) is 7.11 Å². The zero-order valence-electron chi connectivity index (χ0n) is 13.4. The number of aliphatic hydroxyl groups is 1. The number of para-hydroxylation sites is 1. The van der Waals surface area contributed by atoms with E-state index in [-0.39, 0.29) is 0 Å². The Morgan fingerprint density at radius 2 is 1.48 bits per heavy atom. The van der Waals surface area contributed by atoms with Crippen molar-refractivity contribution in [1.82, 2.24) is 0 Å². The number of hydrogen-bond donors (Lipinski definition) is 1. The number of aryl methyl sites for hydroxylation is 1. The summed E-state index contributed by atoms with van der Waals surface area (Å²) in [4.78, 5) is 0. The molecule has 0 aliphatic rings. The molecule has 0 heterocycles. The van der Waals surface area contributed by atoms with Gasteiger partial charge in [0, 0.05) is 13.7 Å². The van der Waals surface area contributed by atoms with Gasteiger partial charge in [-0.25, -0.2) is 0 Å². The summed E-state index contributed by atoms with van der Waals surface area (Å²) in [6.07, 6.45) is 10.9. The molecule has 3 heteroatoms. The van der Waals surface area contributed by atoms with Crippen LogP contribution in [-0.4, -0.2) is 25.6 Å². The SMILES string of the molecule is COCOc1ccccc1CCCCCCCCCCO. The third-order valence-corrected chi connectivity index (χ3v) is 3.66. The topological polar surface area (TPSA) is 38.7 Å². The first-order valence-electron chi connectivity index (χ1n) is 8.19. The van der Waals surface area contributed by atoms with Gasteiger partial charge in [-0.2, -0.15) is 0 Å². The van der Waals surface area contributed by atoms with Gasteiger partial charge in [-0.3, -0.25) is 0 Å². The molecule has 1 aromatic rings. The second-order valence-corrected chi connectivity index (χ2v) is 5.46. The fraction of sp³-hybridized carbons (Fsp3) is 0.667. The summed E-state index contributed by atoms with van der Waals surface area (Å²) in [5, 5.41) is 8.71. The van der Waals surface area contributed by atoms with Crippen molar-refractivity contribution in [2.75, 3.05) is 20.5 Å². The molecule has 0 aromatic heterocycles. The Bertz CT molecular complexity index is 352. The van der Waals surface area contributed by atoms with Crippen LogP contribution >= 0.6 is 0 Å². The maximum Gasteiger partial charge on any atom is 0.188 e. The Balaban J connectivity index is 2.09. The molecule has 0 atom stereocenters. The summed E-state index contributed by atoms with van der Waals surface area (Å²) in [5.74, 6) is 0.948. The Labute approximate surface area is 129 Å². The van der Waals surface area contributed by atoms with Gasteiger partial charge in [0.25, 0.3) is 0 Å². The molecule has 0 spiro atoms. The van der Waals surface area contributed by atoms with Crippen LogP contribution in [0.25, 0.3) is 0 Å². The zero-order valence-corrected chi connectivity index (χ0v) is 13.4. The lowest BCUT2D eigenvalue weighted by Gasteiger charge is -2.10. The Morgan fingerprint density at radius 3 is 2.14 bits per heavy atom. The van der Waals surface area contributed by atoms with Crippen molar-refractivity contribution in [3.63, 3.8) is 0 Å². The first-order valence-corrected chi connectivity index (χ1v) is 8.19. The Morgan fingerprint density at radius 1 is 0.857 bits per heavy atom. The number of benzene rings is 1. The van der Waals surface area contributed by atoms with Gasteiger partial charge in [-0.05, 0) is 30.9 Å².